The molecule has 2 aromatic heterocycles. The van der Waals surface area contributed by atoms with Crippen LogP contribution in [0.2, 0.25) is 0 Å². The van der Waals surface area contributed by atoms with Gasteiger partial charge in [0.15, 0.2) is 0 Å². The van der Waals surface area contributed by atoms with E-state index in [0.717, 1.165) is 37.4 Å². The molecule has 1 aliphatic rings. The van der Waals surface area contributed by atoms with Crippen molar-refractivity contribution in [1.82, 2.24) is 19.5 Å². The van der Waals surface area contributed by atoms with E-state index in [9.17, 15) is 0 Å². The average Bonchev–Trinajstić information content (AvgIpc) is 2.85. The van der Waals surface area contributed by atoms with Crippen LogP contribution in [0, 0.1) is 6.92 Å². The molecule has 0 atom stereocenters. The Labute approximate surface area is 113 Å². The van der Waals surface area contributed by atoms with E-state index in [0.29, 0.717) is 5.92 Å². The fourth-order valence-corrected chi connectivity index (χ4v) is 2.78. The van der Waals surface area contributed by atoms with E-state index >= 15 is 0 Å². The topological polar surface area (TPSA) is 46.8 Å². The molecule has 0 aliphatic carbocycles. The zero-order valence-corrected chi connectivity index (χ0v) is 11.5. The second kappa shape index (κ2) is 4.99. The highest BCUT2D eigenvalue weighted by Crippen LogP contribution is 2.29. The lowest BCUT2D eigenvalue weighted by Gasteiger charge is -2.32. The number of hydrogen-bond donors (Lipinski definition) is 0. The van der Waals surface area contributed by atoms with Gasteiger partial charge in [0, 0.05) is 49.7 Å². The molecule has 0 amide bonds. The molecule has 0 unspecified atom stereocenters. The Hall–Kier alpha value is -1.91. The number of rotatable bonds is 2. The Kier molecular flexibility index (Phi) is 3.19. The van der Waals surface area contributed by atoms with Crippen molar-refractivity contribution in [3.63, 3.8) is 0 Å². The predicted molar refractivity (Wildman–Crippen MR) is 74.2 cm³/mol. The van der Waals surface area contributed by atoms with Gasteiger partial charge < -0.3 is 9.47 Å². The first kappa shape index (κ1) is 12.1. The summed E-state index contributed by atoms with van der Waals surface area (Å²) in [4.78, 5) is 15.1. The van der Waals surface area contributed by atoms with Gasteiger partial charge in [0.1, 0.15) is 12.1 Å². The van der Waals surface area contributed by atoms with Crippen LogP contribution in [0.5, 0.6) is 0 Å². The normalized spacial score (nSPS) is 16.8. The van der Waals surface area contributed by atoms with Crippen LogP contribution in [-0.4, -0.2) is 32.6 Å². The maximum atomic E-state index is 4.37. The van der Waals surface area contributed by atoms with Crippen LogP contribution in [-0.2, 0) is 7.05 Å². The minimum Gasteiger partial charge on any atom is -0.356 e. The van der Waals surface area contributed by atoms with E-state index < -0.39 is 0 Å². The summed E-state index contributed by atoms with van der Waals surface area (Å²) in [5.74, 6) is 1.67. The van der Waals surface area contributed by atoms with Crippen molar-refractivity contribution in [3.8, 4) is 0 Å². The molecule has 3 rings (SSSR count). The molecular weight excluding hydrogens is 238 g/mol. The molecule has 5 nitrogen and oxygen atoms in total. The molecule has 100 valence electrons. The summed E-state index contributed by atoms with van der Waals surface area (Å²) in [5, 5.41) is 0. The SMILES string of the molecule is Cc1cc(N2CCC(c3cncn3C)CC2)ncn1. The fraction of sp³-hybridized carbons (Fsp3) is 0.500. The standard InChI is InChI=1S/C14H19N5/c1-11-7-14(17-9-16-11)19-5-3-12(4-6-19)13-8-15-10-18(13)2/h7-10,12H,3-6H2,1-2H3. The Morgan fingerprint density at radius 3 is 2.63 bits per heavy atom. The zero-order chi connectivity index (χ0) is 13.2. The van der Waals surface area contributed by atoms with Gasteiger partial charge in [-0.2, -0.15) is 0 Å². The van der Waals surface area contributed by atoms with Gasteiger partial charge in [-0.25, -0.2) is 15.0 Å². The van der Waals surface area contributed by atoms with Crippen molar-refractivity contribution in [2.75, 3.05) is 18.0 Å². The summed E-state index contributed by atoms with van der Waals surface area (Å²) in [6.07, 6.45) is 7.84. The summed E-state index contributed by atoms with van der Waals surface area (Å²) in [6, 6.07) is 2.06. The minimum atomic E-state index is 0.617. The van der Waals surface area contributed by atoms with Crippen molar-refractivity contribution in [3.05, 3.63) is 36.3 Å². The van der Waals surface area contributed by atoms with E-state index in [1.165, 1.54) is 5.69 Å². The lowest BCUT2D eigenvalue weighted by molar-refractivity contribution is 0.483. The van der Waals surface area contributed by atoms with E-state index in [2.05, 4.69) is 37.5 Å². The molecule has 1 fully saturated rings. The molecule has 0 N–H and O–H groups in total. The van der Waals surface area contributed by atoms with Gasteiger partial charge in [0.25, 0.3) is 0 Å². The van der Waals surface area contributed by atoms with E-state index in [-0.39, 0.29) is 0 Å². The number of aromatic nitrogens is 4. The van der Waals surface area contributed by atoms with Gasteiger partial charge in [-0.1, -0.05) is 0 Å². The van der Waals surface area contributed by atoms with Gasteiger partial charge in [0.05, 0.1) is 6.33 Å². The van der Waals surface area contributed by atoms with Crippen LogP contribution in [0.3, 0.4) is 0 Å². The summed E-state index contributed by atoms with van der Waals surface area (Å²) in [5.41, 5.74) is 2.37. The van der Waals surface area contributed by atoms with Crippen molar-refractivity contribution >= 4 is 5.82 Å². The number of piperidine rings is 1. The molecule has 0 radical (unpaired) electrons. The van der Waals surface area contributed by atoms with Crippen molar-refractivity contribution in [2.45, 2.75) is 25.7 Å². The van der Waals surface area contributed by atoms with Gasteiger partial charge in [-0.15, -0.1) is 0 Å². The second-order valence-electron chi connectivity index (χ2n) is 5.21. The van der Waals surface area contributed by atoms with Crippen LogP contribution < -0.4 is 4.90 Å². The maximum absolute atomic E-state index is 4.37. The molecule has 0 aromatic carbocycles. The predicted octanol–water partition coefficient (Wildman–Crippen LogP) is 1.90. The summed E-state index contributed by atoms with van der Waals surface area (Å²) in [6.45, 7) is 4.10. The van der Waals surface area contributed by atoms with Gasteiger partial charge in [0.2, 0.25) is 0 Å². The molecule has 19 heavy (non-hydrogen) atoms. The molecule has 0 spiro atoms. The lowest BCUT2D eigenvalue weighted by atomic mass is 9.94. The highest BCUT2D eigenvalue weighted by atomic mass is 15.2. The quantitative estimate of drug-likeness (QED) is 0.824. The average molecular weight is 257 g/mol. The number of anilines is 1. The maximum Gasteiger partial charge on any atom is 0.132 e. The smallest absolute Gasteiger partial charge is 0.132 e. The summed E-state index contributed by atoms with van der Waals surface area (Å²) < 4.78 is 2.13. The number of aryl methyl sites for hydroxylation is 2. The molecule has 5 heteroatoms. The molecule has 0 bridgehead atoms. The first-order valence-electron chi connectivity index (χ1n) is 6.74. The molecule has 0 saturated carbocycles. The molecule has 1 aliphatic heterocycles. The van der Waals surface area contributed by atoms with Crippen LogP contribution in [0.15, 0.2) is 24.9 Å². The highest BCUT2D eigenvalue weighted by molar-refractivity contribution is 5.39. The molecular formula is C14H19N5. The van der Waals surface area contributed by atoms with Gasteiger partial charge in [-0.05, 0) is 19.8 Å². The van der Waals surface area contributed by atoms with E-state index in [1.54, 1.807) is 6.33 Å². The first-order chi connectivity index (χ1) is 9.24. The Morgan fingerprint density at radius 2 is 2.00 bits per heavy atom. The fourth-order valence-electron chi connectivity index (χ4n) is 2.78. The van der Waals surface area contributed by atoms with E-state index in [4.69, 9.17) is 0 Å². The number of imidazole rings is 1. The minimum absolute atomic E-state index is 0.617. The third-order valence-electron chi connectivity index (χ3n) is 3.88. The summed E-state index contributed by atoms with van der Waals surface area (Å²) in [7, 11) is 2.07. The Balaban J connectivity index is 1.68. The van der Waals surface area contributed by atoms with Crippen molar-refractivity contribution in [1.29, 1.82) is 0 Å². The van der Waals surface area contributed by atoms with E-state index in [1.807, 2.05) is 19.4 Å². The largest absolute Gasteiger partial charge is 0.356 e. The Bertz CT molecular complexity index is 554. The third-order valence-corrected chi connectivity index (χ3v) is 3.88. The monoisotopic (exact) mass is 257 g/mol. The highest BCUT2D eigenvalue weighted by Gasteiger charge is 2.23. The zero-order valence-electron chi connectivity index (χ0n) is 11.5. The first-order valence-corrected chi connectivity index (χ1v) is 6.74. The van der Waals surface area contributed by atoms with Crippen LogP contribution in [0.4, 0.5) is 5.82 Å². The molecule has 2 aromatic rings. The second-order valence-corrected chi connectivity index (χ2v) is 5.21. The van der Waals surface area contributed by atoms with Crippen LogP contribution >= 0.6 is 0 Å². The number of hydrogen-bond acceptors (Lipinski definition) is 4. The summed E-state index contributed by atoms with van der Waals surface area (Å²) >= 11 is 0. The van der Waals surface area contributed by atoms with Crippen molar-refractivity contribution in [2.24, 2.45) is 7.05 Å². The van der Waals surface area contributed by atoms with Crippen molar-refractivity contribution < 1.29 is 0 Å². The Morgan fingerprint density at radius 1 is 1.21 bits per heavy atom. The molecule has 3 heterocycles. The number of nitrogens with zero attached hydrogens (tertiary/aromatic N) is 5. The third kappa shape index (κ3) is 2.45. The van der Waals surface area contributed by atoms with Gasteiger partial charge >= 0.3 is 0 Å². The van der Waals surface area contributed by atoms with Crippen LogP contribution in [0.25, 0.3) is 0 Å². The van der Waals surface area contributed by atoms with Gasteiger partial charge in [-0.3, -0.25) is 0 Å². The molecule has 1 saturated heterocycles. The lowest BCUT2D eigenvalue weighted by Crippen LogP contribution is -2.34. The van der Waals surface area contributed by atoms with Crippen LogP contribution in [0.1, 0.15) is 30.1 Å².